The number of carbonyl (C=O) groups excluding carboxylic acids is 2. The van der Waals surface area contributed by atoms with Crippen LogP contribution in [0.2, 0.25) is 0 Å². The summed E-state index contributed by atoms with van der Waals surface area (Å²) in [6.07, 6.45) is 0. The first kappa shape index (κ1) is 10.8. The minimum atomic E-state index is -3.29. The monoisotopic (exact) mass is 241 g/mol. The molecule has 2 rings (SSSR count). The van der Waals surface area contributed by atoms with Crippen molar-refractivity contribution in [2.45, 2.75) is 6.92 Å². The van der Waals surface area contributed by atoms with Crippen LogP contribution in [0.4, 0.5) is 0 Å². The van der Waals surface area contributed by atoms with Gasteiger partial charge in [0.25, 0.3) is 22.8 Å². The summed E-state index contributed by atoms with van der Waals surface area (Å²) in [7, 11) is -3.29. The number of rotatable bonds is 2. The average Bonchev–Trinajstić information content (AvgIpc) is 2.43. The Kier molecular flexibility index (Phi) is 2.49. The highest BCUT2D eigenvalue weighted by Crippen LogP contribution is 2.23. The van der Waals surface area contributed by atoms with Crippen molar-refractivity contribution in [3.8, 4) is 0 Å². The number of hydrogen-bond donors (Lipinski definition) is 1. The molecule has 1 aliphatic heterocycles. The molecule has 0 saturated carbocycles. The molecule has 0 saturated heterocycles. The van der Waals surface area contributed by atoms with Gasteiger partial charge in [0.15, 0.2) is 0 Å². The molecule has 1 aromatic rings. The Balaban J connectivity index is 2.48. The number of fused-ring (bicyclic) bond motifs is 1. The van der Waals surface area contributed by atoms with Crippen LogP contribution in [-0.2, 0) is 15.3 Å². The summed E-state index contributed by atoms with van der Waals surface area (Å²) in [5, 5.41) is 0.246. The maximum absolute atomic E-state index is 11.6. The average molecular weight is 241 g/mol. The summed E-state index contributed by atoms with van der Waals surface area (Å²) < 4.78 is 24.8. The Hall–Kier alpha value is -1.73. The van der Waals surface area contributed by atoms with Gasteiger partial charge in [0.05, 0.1) is 11.1 Å². The second kappa shape index (κ2) is 3.69. The maximum atomic E-state index is 11.6. The smallest absolute Gasteiger partial charge is 0.266 e. The molecule has 0 bridgehead atoms. The van der Waals surface area contributed by atoms with Crippen molar-refractivity contribution in [3.63, 3.8) is 0 Å². The first-order valence-electron chi connectivity index (χ1n) is 4.32. The molecular formula is C9H7NO5S. The minimum Gasteiger partial charge on any atom is -0.266 e. The molecule has 16 heavy (non-hydrogen) atoms. The van der Waals surface area contributed by atoms with Crippen LogP contribution < -0.4 is 0 Å². The number of imide groups is 1. The number of nitrogens with zero attached hydrogens (tertiary/aromatic N) is 1. The van der Waals surface area contributed by atoms with Gasteiger partial charge in [0.1, 0.15) is 0 Å². The summed E-state index contributed by atoms with van der Waals surface area (Å²) in [5.74, 6) is -1.53. The molecule has 84 valence electrons. The second-order valence-corrected chi connectivity index (χ2v) is 3.87. The molecule has 1 aromatic carbocycles. The third-order valence-electron chi connectivity index (χ3n) is 2.15. The van der Waals surface area contributed by atoms with Gasteiger partial charge < -0.3 is 0 Å². The third-order valence-corrected chi connectivity index (χ3v) is 2.45. The van der Waals surface area contributed by atoms with Gasteiger partial charge in [0, 0.05) is 0 Å². The molecule has 0 fully saturated rings. The van der Waals surface area contributed by atoms with Crippen molar-refractivity contribution < 1.29 is 22.3 Å². The van der Waals surface area contributed by atoms with Crippen LogP contribution >= 0.6 is 0 Å². The molecular weight excluding hydrogens is 234 g/mol. The first-order chi connectivity index (χ1) is 7.50. The van der Waals surface area contributed by atoms with E-state index in [2.05, 4.69) is 4.28 Å². The standard InChI is InChI=1S/C9H7NO5S/c1-5-2-3-6-7(4-5)9(12)10(8(6)11)15-16(13)14/h2-4,16H,1H3. The van der Waals surface area contributed by atoms with E-state index < -0.39 is 22.8 Å². The molecule has 0 atom stereocenters. The topological polar surface area (TPSA) is 80.8 Å². The van der Waals surface area contributed by atoms with Gasteiger partial charge in [-0.25, -0.2) is 8.42 Å². The van der Waals surface area contributed by atoms with Gasteiger partial charge in [0.2, 0.25) is 0 Å². The highest BCUT2D eigenvalue weighted by Gasteiger charge is 2.37. The van der Waals surface area contributed by atoms with E-state index in [0.29, 0.717) is 0 Å². The van der Waals surface area contributed by atoms with Crippen molar-refractivity contribution >= 4 is 22.8 Å². The lowest BCUT2D eigenvalue weighted by atomic mass is 10.1. The molecule has 1 aliphatic rings. The predicted octanol–water partition coefficient (Wildman–Crippen LogP) is 0.0490. The van der Waals surface area contributed by atoms with E-state index in [9.17, 15) is 18.0 Å². The number of amides is 2. The fraction of sp³-hybridized carbons (Fsp3) is 0.111. The van der Waals surface area contributed by atoms with E-state index in [4.69, 9.17) is 0 Å². The molecule has 0 aliphatic carbocycles. The van der Waals surface area contributed by atoms with Gasteiger partial charge in [-0.2, -0.15) is 0 Å². The van der Waals surface area contributed by atoms with Crippen LogP contribution in [0, 0.1) is 6.92 Å². The molecule has 0 aromatic heterocycles. The zero-order valence-corrected chi connectivity index (χ0v) is 9.06. The van der Waals surface area contributed by atoms with Gasteiger partial charge in [-0.15, -0.1) is 9.35 Å². The van der Waals surface area contributed by atoms with Crippen LogP contribution in [0.15, 0.2) is 18.2 Å². The first-order valence-corrected chi connectivity index (χ1v) is 5.42. The Bertz CT molecular complexity index is 555. The van der Waals surface area contributed by atoms with Crippen molar-refractivity contribution in [3.05, 3.63) is 34.9 Å². The van der Waals surface area contributed by atoms with E-state index in [-0.39, 0.29) is 16.2 Å². The summed E-state index contributed by atoms with van der Waals surface area (Å²) in [6, 6.07) is 4.63. The Morgan fingerprint density at radius 1 is 1.12 bits per heavy atom. The van der Waals surface area contributed by atoms with Crippen LogP contribution in [0.25, 0.3) is 0 Å². The largest absolute Gasteiger partial charge is 0.287 e. The van der Waals surface area contributed by atoms with Crippen LogP contribution in [0.1, 0.15) is 26.3 Å². The summed E-state index contributed by atoms with van der Waals surface area (Å²) >= 11 is 0. The molecule has 7 heteroatoms. The zero-order valence-electron chi connectivity index (χ0n) is 8.17. The summed E-state index contributed by atoms with van der Waals surface area (Å²) in [6.45, 7) is 1.76. The van der Waals surface area contributed by atoms with Crippen molar-refractivity contribution in [2.75, 3.05) is 0 Å². The summed E-state index contributed by atoms with van der Waals surface area (Å²) in [4.78, 5) is 23.2. The fourth-order valence-corrected chi connectivity index (χ4v) is 1.76. The predicted molar refractivity (Wildman–Crippen MR) is 53.1 cm³/mol. The Morgan fingerprint density at radius 3 is 2.38 bits per heavy atom. The Morgan fingerprint density at radius 2 is 1.75 bits per heavy atom. The molecule has 1 heterocycles. The highest BCUT2D eigenvalue weighted by molar-refractivity contribution is 7.67. The van der Waals surface area contributed by atoms with E-state index in [1.165, 1.54) is 12.1 Å². The number of hydroxylamine groups is 2. The van der Waals surface area contributed by atoms with E-state index in [1.807, 2.05) is 0 Å². The lowest BCUT2D eigenvalue weighted by Gasteiger charge is -2.06. The fourth-order valence-electron chi connectivity index (χ4n) is 1.47. The molecule has 0 N–H and O–H groups in total. The van der Waals surface area contributed by atoms with Crippen molar-refractivity contribution in [1.29, 1.82) is 0 Å². The van der Waals surface area contributed by atoms with E-state index in [0.717, 1.165) is 5.56 Å². The van der Waals surface area contributed by atoms with E-state index >= 15 is 0 Å². The van der Waals surface area contributed by atoms with E-state index in [1.54, 1.807) is 13.0 Å². The molecule has 0 radical (unpaired) electrons. The minimum absolute atomic E-state index is 0.146. The summed E-state index contributed by atoms with van der Waals surface area (Å²) in [5.41, 5.74) is 1.10. The van der Waals surface area contributed by atoms with Gasteiger partial charge in [-0.1, -0.05) is 11.6 Å². The van der Waals surface area contributed by atoms with Crippen LogP contribution in [0.3, 0.4) is 0 Å². The molecule has 6 nitrogen and oxygen atoms in total. The molecule has 2 amide bonds. The van der Waals surface area contributed by atoms with Crippen LogP contribution in [0.5, 0.6) is 0 Å². The van der Waals surface area contributed by atoms with Gasteiger partial charge >= 0.3 is 0 Å². The number of aryl methyl sites for hydroxylation is 1. The lowest BCUT2D eigenvalue weighted by Crippen LogP contribution is -2.29. The normalized spacial score (nSPS) is 14.8. The second-order valence-electron chi connectivity index (χ2n) is 3.26. The lowest BCUT2D eigenvalue weighted by molar-refractivity contribution is -0.00749. The van der Waals surface area contributed by atoms with Crippen LogP contribution in [-0.4, -0.2) is 25.3 Å². The zero-order chi connectivity index (χ0) is 11.9. The third kappa shape index (κ3) is 1.59. The number of hydrogen-bond acceptors (Lipinski definition) is 5. The highest BCUT2D eigenvalue weighted by atomic mass is 32.2. The van der Waals surface area contributed by atoms with Gasteiger partial charge in [-0.3, -0.25) is 9.59 Å². The number of benzene rings is 1. The quantitative estimate of drug-likeness (QED) is 0.584. The maximum Gasteiger partial charge on any atom is 0.287 e. The van der Waals surface area contributed by atoms with Gasteiger partial charge in [-0.05, 0) is 19.1 Å². The molecule has 0 unspecified atom stereocenters. The number of carbonyl (C=O) groups is 2. The van der Waals surface area contributed by atoms with Crippen molar-refractivity contribution in [1.82, 2.24) is 5.06 Å². The molecule has 0 spiro atoms. The number of thiol groups is 1. The van der Waals surface area contributed by atoms with Crippen molar-refractivity contribution in [2.24, 2.45) is 0 Å². The SMILES string of the molecule is Cc1ccc2c(c1)C(=O)N(O[SH](=O)=O)C2=O. The Labute approximate surface area is 92.5 Å².